The molecule has 6 aromatic rings. The quantitative estimate of drug-likeness (QED) is 0.164. The molecule has 4 heteroatoms. The maximum atomic E-state index is 6.31. The Morgan fingerprint density at radius 3 is 1.15 bits per heavy atom. The van der Waals surface area contributed by atoms with Gasteiger partial charge in [-0.3, -0.25) is 0 Å². The lowest BCUT2D eigenvalue weighted by Crippen LogP contribution is -1.91. The standard InChI is InChI=1S/C36H24Br2O2/c37-31-21-33-27-13-5-23(6-14-27)1-2-24-7-15-28(16-8-24)34-22-32(38)36(40-34)30-19-11-26(12-20-30)4-3-25-9-17-29(18-10-25)35(31)39-33/h1-2,5-22H,3-4H2/b2-1-. The average molecular weight is 648 g/mol. The van der Waals surface area contributed by atoms with E-state index in [1.807, 2.05) is 12.1 Å². The normalized spacial score (nSPS) is 13.2. The zero-order valence-corrected chi connectivity index (χ0v) is 24.7. The Morgan fingerprint density at radius 1 is 0.425 bits per heavy atom. The minimum absolute atomic E-state index is 0.842. The van der Waals surface area contributed by atoms with Crippen LogP contribution in [0.3, 0.4) is 0 Å². The predicted octanol–water partition coefficient (Wildman–Crippen LogP) is 11.3. The first-order chi connectivity index (χ1) is 19.6. The van der Waals surface area contributed by atoms with Gasteiger partial charge in [0.05, 0.1) is 8.95 Å². The van der Waals surface area contributed by atoms with E-state index >= 15 is 0 Å². The highest BCUT2D eigenvalue weighted by molar-refractivity contribution is 9.11. The van der Waals surface area contributed by atoms with Crippen LogP contribution in [0.15, 0.2) is 127 Å². The number of aryl methyl sites for hydroxylation is 2. The van der Waals surface area contributed by atoms with Gasteiger partial charge in [0.2, 0.25) is 0 Å². The summed E-state index contributed by atoms with van der Waals surface area (Å²) in [5, 5.41) is 0. The highest BCUT2D eigenvalue weighted by Gasteiger charge is 2.14. The molecule has 7 aliphatic rings. The van der Waals surface area contributed by atoms with E-state index < -0.39 is 0 Å². The van der Waals surface area contributed by atoms with Crippen LogP contribution in [0.2, 0.25) is 0 Å². The molecule has 194 valence electrons. The molecule has 0 fully saturated rings. The van der Waals surface area contributed by atoms with E-state index in [0.29, 0.717) is 0 Å². The van der Waals surface area contributed by atoms with Gasteiger partial charge in [-0.05, 0) is 79.1 Å². The van der Waals surface area contributed by atoms with E-state index in [4.69, 9.17) is 8.83 Å². The Balaban J connectivity index is 1.27. The summed E-state index contributed by atoms with van der Waals surface area (Å²) in [5.41, 5.74) is 9.05. The van der Waals surface area contributed by atoms with Gasteiger partial charge in [0.1, 0.15) is 23.0 Å². The van der Waals surface area contributed by atoms with Crippen LogP contribution >= 0.6 is 31.9 Å². The molecule has 12 bridgehead atoms. The second-order valence-corrected chi connectivity index (χ2v) is 11.8. The van der Waals surface area contributed by atoms with Gasteiger partial charge < -0.3 is 8.83 Å². The molecule has 0 radical (unpaired) electrons. The second-order valence-electron chi connectivity index (χ2n) is 10.0. The third-order valence-corrected chi connectivity index (χ3v) is 8.54. The van der Waals surface area contributed by atoms with E-state index in [9.17, 15) is 0 Å². The Hall–Kier alpha value is -3.86. The van der Waals surface area contributed by atoms with E-state index in [0.717, 1.165) is 78.2 Å². The molecule has 2 aromatic heterocycles. The Labute approximate surface area is 250 Å². The first-order valence-corrected chi connectivity index (χ1v) is 14.8. The molecule has 0 saturated carbocycles. The Kier molecular flexibility index (Phi) is 6.66. The van der Waals surface area contributed by atoms with Crippen LogP contribution in [0.5, 0.6) is 0 Å². The maximum Gasteiger partial charge on any atom is 0.148 e. The molecular weight excluding hydrogens is 624 g/mol. The fraction of sp³-hybridized carbons (Fsp3) is 0.0556. The molecule has 9 heterocycles. The molecular formula is C36H24Br2O2. The van der Waals surface area contributed by atoms with Crippen molar-refractivity contribution >= 4 is 44.0 Å². The largest absolute Gasteiger partial charge is 0.455 e. The minimum atomic E-state index is 0.842. The lowest BCUT2D eigenvalue weighted by molar-refractivity contribution is 0.596. The highest BCUT2D eigenvalue weighted by Crippen LogP contribution is 2.38. The third kappa shape index (κ3) is 5.05. The molecule has 0 spiro atoms. The molecule has 13 rings (SSSR count). The molecule has 40 heavy (non-hydrogen) atoms. The minimum Gasteiger partial charge on any atom is -0.455 e. The van der Waals surface area contributed by atoms with Crippen molar-refractivity contribution in [2.24, 2.45) is 0 Å². The first kappa shape index (κ1) is 25.1. The number of furan rings is 2. The van der Waals surface area contributed by atoms with E-state index in [-0.39, 0.29) is 0 Å². The summed E-state index contributed by atoms with van der Waals surface area (Å²) in [6, 6.07) is 38.3. The van der Waals surface area contributed by atoms with Crippen LogP contribution in [-0.2, 0) is 12.8 Å². The summed E-state index contributed by atoms with van der Waals surface area (Å²) >= 11 is 7.42. The van der Waals surface area contributed by atoms with Gasteiger partial charge in [-0.25, -0.2) is 0 Å². The van der Waals surface area contributed by atoms with Crippen molar-refractivity contribution in [3.8, 4) is 45.3 Å². The SMILES string of the molecule is Brc1cc2oc1-c1ccc(cc1)CCc1ccc(cc1)-c1oc(cc1Br)-c1ccc(cc1)/C=C\c1ccc-2cc1. The van der Waals surface area contributed by atoms with Gasteiger partial charge in [0.15, 0.2) is 0 Å². The number of hydrogen-bond acceptors (Lipinski definition) is 2. The number of benzene rings is 4. The fourth-order valence-corrected chi connectivity index (χ4v) is 6.10. The zero-order valence-electron chi connectivity index (χ0n) is 21.5. The van der Waals surface area contributed by atoms with Crippen molar-refractivity contribution in [1.82, 2.24) is 0 Å². The van der Waals surface area contributed by atoms with Crippen molar-refractivity contribution in [2.75, 3.05) is 0 Å². The molecule has 7 aliphatic heterocycles. The van der Waals surface area contributed by atoms with E-state index in [2.05, 4.69) is 141 Å². The van der Waals surface area contributed by atoms with Gasteiger partial charge in [-0.1, -0.05) is 109 Å². The summed E-state index contributed by atoms with van der Waals surface area (Å²) in [7, 11) is 0. The first-order valence-electron chi connectivity index (χ1n) is 13.3. The van der Waals surface area contributed by atoms with Crippen molar-refractivity contribution in [3.05, 3.63) is 140 Å². The Morgan fingerprint density at radius 2 is 0.775 bits per heavy atom. The second kappa shape index (κ2) is 10.6. The van der Waals surface area contributed by atoms with Crippen molar-refractivity contribution in [1.29, 1.82) is 0 Å². The smallest absolute Gasteiger partial charge is 0.148 e. The van der Waals surface area contributed by atoms with Crippen LogP contribution in [0, 0.1) is 0 Å². The average Bonchev–Trinajstić information content (AvgIpc) is 3.58. The van der Waals surface area contributed by atoms with Crippen LogP contribution in [0.1, 0.15) is 22.3 Å². The molecule has 0 N–H and O–H groups in total. The summed E-state index contributed by atoms with van der Waals surface area (Å²) in [5.74, 6) is 3.38. The number of rotatable bonds is 0. The molecule has 0 amide bonds. The van der Waals surface area contributed by atoms with Gasteiger partial charge >= 0.3 is 0 Å². The molecule has 4 aromatic carbocycles. The van der Waals surface area contributed by atoms with Crippen molar-refractivity contribution in [3.63, 3.8) is 0 Å². The summed E-state index contributed by atoms with van der Waals surface area (Å²) < 4.78 is 14.5. The van der Waals surface area contributed by atoms with Crippen LogP contribution in [-0.4, -0.2) is 0 Å². The molecule has 0 saturated heterocycles. The topological polar surface area (TPSA) is 26.3 Å². The lowest BCUT2D eigenvalue weighted by Gasteiger charge is -2.06. The van der Waals surface area contributed by atoms with Crippen molar-refractivity contribution < 1.29 is 8.83 Å². The van der Waals surface area contributed by atoms with Gasteiger partial charge in [0.25, 0.3) is 0 Å². The zero-order chi connectivity index (χ0) is 27.1. The molecule has 0 unspecified atom stereocenters. The van der Waals surface area contributed by atoms with Crippen LogP contribution in [0.25, 0.3) is 57.4 Å². The van der Waals surface area contributed by atoms with Crippen LogP contribution in [0.4, 0.5) is 0 Å². The molecule has 0 aliphatic carbocycles. The maximum absolute atomic E-state index is 6.31. The molecule has 2 nitrogen and oxygen atoms in total. The fourth-order valence-electron chi connectivity index (χ4n) is 5.06. The van der Waals surface area contributed by atoms with E-state index in [1.165, 1.54) is 11.1 Å². The summed E-state index contributed by atoms with van der Waals surface area (Å²) in [6.45, 7) is 0. The monoisotopic (exact) mass is 646 g/mol. The number of hydrogen-bond donors (Lipinski definition) is 0. The molecule has 0 atom stereocenters. The van der Waals surface area contributed by atoms with Crippen LogP contribution < -0.4 is 0 Å². The van der Waals surface area contributed by atoms with E-state index in [1.54, 1.807) is 0 Å². The summed E-state index contributed by atoms with van der Waals surface area (Å²) in [6.07, 6.45) is 6.18. The van der Waals surface area contributed by atoms with Gasteiger partial charge in [0, 0.05) is 22.3 Å². The third-order valence-electron chi connectivity index (χ3n) is 7.37. The highest BCUT2D eigenvalue weighted by atomic mass is 79.9. The summed E-state index contributed by atoms with van der Waals surface area (Å²) in [4.78, 5) is 0. The van der Waals surface area contributed by atoms with Crippen molar-refractivity contribution in [2.45, 2.75) is 12.8 Å². The predicted molar refractivity (Wildman–Crippen MR) is 171 cm³/mol. The number of halogens is 2. The van der Waals surface area contributed by atoms with Gasteiger partial charge in [-0.15, -0.1) is 0 Å². The Bertz CT molecular complexity index is 1680. The van der Waals surface area contributed by atoms with Gasteiger partial charge in [-0.2, -0.15) is 0 Å². The lowest BCUT2D eigenvalue weighted by atomic mass is 10.0.